The summed E-state index contributed by atoms with van der Waals surface area (Å²) >= 11 is 2.16. The third-order valence-corrected chi connectivity index (χ3v) is 2.47. The number of halogens is 3. The summed E-state index contributed by atoms with van der Waals surface area (Å²) in [5, 5.41) is 9.37. The molecule has 1 aromatic carbocycles. The molecule has 0 aromatic heterocycles. The van der Waals surface area contributed by atoms with Crippen molar-refractivity contribution in [3.8, 4) is 0 Å². The van der Waals surface area contributed by atoms with Gasteiger partial charge in [-0.2, -0.15) is 8.78 Å². The van der Waals surface area contributed by atoms with Gasteiger partial charge in [0.05, 0.1) is 0 Å². The Labute approximate surface area is 89.9 Å². The third kappa shape index (κ3) is 2.51. The van der Waals surface area contributed by atoms with Crippen molar-refractivity contribution in [2.75, 3.05) is 0 Å². The highest BCUT2D eigenvalue weighted by Gasteiger charge is 2.36. The van der Waals surface area contributed by atoms with Crippen molar-refractivity contribution in [3.05, 3.63) is 35.4 Å². The lowest BCUT2D eigenvalue weighted by molar-refractivity contribution is -0.0298. The van der Waals surface area contributed by atoms with E-state index >= 15 is 0 Å². The second-order valence-corrected chi connectivity index (χ2v) is 4.05. The lowest BCUT2D eigenvalue weighted by atomic mass is 10.0. The number of benzene rings is 1. The van der Waals surface area contributed by atoms with Gasteiger partial charge in [0.25, 0.3) is 0 Å². The van der Waals surface area contributed by atoms with E-state index in [4.69, 9.17) is 0 Å². The molecule has 0 aliphatic heterocycles. The molecule has 0 aliphatic carbocycles. The fourth-order valence-electron chi connectivity index (χ4n) is 1.30. The zero-order chi connectivity index (χ0) is 10.8. The Balaban J connectivity index is 3.06. The van der Waals surface area contributed by atoms with E-state index in [0.717, 1.165) is 5.56 Å². The molecule has 1 nitrogen and oxygen atoms in total. The van der Waals surface area contributed by atoms with Crippen LogP contribution in [0.4, 0.5) is 8.78 Å². The van der Waals surface area contributed by atoms with Crippen LogP contribution in [-0.2, 0) is 6.42 Å². The highest BCUT2D eigenvalue weighted by molar-refractivity contribution is 9.10. The summed E-state index contributed by atoms with van der Waals surface area (Å²) in [4.78, 5) is -3.28. The van der Waals surface area contributed by atoms with E-state index in [1.807, 2.05) is 6.92 Å². The molecule has 1 unspecified atom stereocenters. The van der Waals surface area contributed by atoms with Crippen molar-refractivity contribution in [1.29, 1.82) is 0 Å². The van der Waals surface area contributed by atoms with Crippen LogP contribution in [0.1, 0.15) is 24.2 Å². The zero-order valence-corrected chi connectivity index (χ0v) is 9.26. The van der Waals surface area contributed by atoms with Crippen LogP contribution in [0.15, 0.2) is 24.3 Å². The molecule has 1 N–H and O–H groups in total. The van der Waals surface area contributed by atoms with Crippen molar-refractivity contribution >= 4 is 15.9 Å². The number of aliphatic hydroxyl groups is 1. The molecule has 0 fully saturated rings. The first-order valence-electron chi connectivity index (χ1n) is 4.29. The fraction of sp³-hybridized carbons (Fsp3) is 0.400. The Morgan fingerprint density at radius 2 is 2.00 bits per heavy atom. The maximum Gasteiger partial charge on any atom is 0.330 e. The van der Waals surface area contributed by atoms with Gasteiger partial charge in [0.15, 0.2) is 6.10 Å². The van der Waals surface area contributed by atoms with Crippen molar-refractivity contribution in [2.45, 2.75) is 24.3 Å². The Morgan fingerprint density at radius 3 is 2.50 bits per heavy atom. The van der Waals surface area contributed by atoms with Gasteiger partial charge in [-0.25, -0.2) is 0 Å². The monoisotopic (exact) mass is 264 g/mol. The summed E-state index contributed by atoms with van der Waals surface area (Å²) in [6, 6.07) is 6.65. The van der Waals surface area contributed by atoms with E-state index in [1.165, 1.54) is 6.07 Å². The van der Waals surface area contributed by atoms with Gasteiger partial charge in [-0.3, -0.25) is 0 Å². The Kier molecular flexibility index (Phi) is 3.61. The van der Waals surface area contributed by atoms with Crippen LogP contribution < -0.4 is 0 Å². The number of aliphatic hydroxyl groups excluding tert-OH is 1. The lowest BCUT2D eigenvalue weighted by Crippen LogP contribution is -2.19. The fourth-order valence-corrected chi connectivity index (χ4v) is 1.55. The molecular weight excluding hydrogens is 254 g/mol. The van der Waals surface area contributed by atoms with Crippen molar-refractivity contribution in [2.24, 2.45) is 0 Å². The number of alkyl halides is 3. The molecule has 78 valence electrons. The summed E-state index contributed by atoms with van der Waals surface area (Å²) in [5.41, 5.74) is 1.01. The SMILES string of the molecule is CCc1ccccc1C(O)C(F)(F)Br. The molecule has 0 saturated heterocycles. The average Bonchev–Trinajstić information content (AvgIpc) is 2.15. The minimum atomic E-state index is -3.28. The molecule has 14 heavy (non-hydrogen) atoms. The first kappa shape index (κ1) is 11.6. The van der Waals surface area contributed by atoms with Crippen LogP contribution in [0.5, 0.6) is 0 Å². The zero-order valence-electron chi connectivity index (χ0n) is 7.67. The minimum absolute atomic E-state index is 0.275. The topological polar surface area (TPSA) is 20.2 Å². The molecular formula is C10H11BrF2O. The molecule has 4 heteroatoms. The van der Waals surface area contributed by atoms with E-state index in [9.17, 15) is 13.9 Å². The molecule has 1 atom stereocenters. The van der Waals surface area contributed by atoms with E-state index < -0.39 is 10.9 Å². The average molecular weight is 265 g/mol. The van der Waals surface area contributed by atoms with Crippen LogP contribution in [0, 0.1) is 0 Å². The molecule has 0 saturated carbocycles. The van der Waals surface area contributed by atoms with Crippen LogP contribution in [-0.4, -0.2) is 9.94 Å². The minimum Gasteiger partial charge on any atom is -0.381 e. The highest BCUT2D eigenvalue weighted by Crippen LogP contribution is 2.37. The standard InChI is InChI=1S/C10H11BrF2O/c1-2-7-5-3-4-6-8(7)9(14)10(11,12)13/h3-6,9,14H,2H2,1H3. The molecule has 0 amide bonds. The Morgan fingerprint density at radius 1 is 1.43 bits per heavy atom. The molecule has 1 aromatic rings. The van der Waals surface area contributed by atoms with Gasteiger partial charge in [0, 0.05) is 0 Å². The number of rotatable bonds is 3. The predicted octanol–water partition coefficient (Wildman–Crippen LogP) is 3.27. The maximum atomic E-state index is 12.8. The van der Waals surface area contributed by atoms with Crippen molar-refractivity contribution in [1.82, 2.24) is 0 Å². The Bertz CT molecular complexity index is 309. The van der Waals surface area contributed by atoms with E-state index in [0.29, 0.717) is 6.42 Å². The summed E-state index contributed by atoms with van der Waals surface area (Å²) < 4.78 is 25.6. The van der Waals surface area contributed by atoms with Gasteiger partial charge in [-0.15, -0.1) is 0 Å². The molecule has 0 heterocycles. The van der Waals surface area contributed by atoms with E-state index in [2.05, 4.69) is 15.9 Å². The number of aryl methyl sites for hydroxylation is 1. The molecule has 0 radical (unpaired) electrons. The highest BCUT2D eigenvalue weighted by atomic mass is 79.9. The second-order valence-electron chi connectivity index (χ2n) is 3.00. The number of hydrogen-bond donors (Lipinski definition) is 1. The summed E-state index contributed by atoms with van der Waals surface area (Å²) in [6.07, 6.45) is -1.17. The molecule has 0 aliphatic rings. The van der Waals surface area contributed by atoms with Crippen LogP contribution in [0.2, 0.25) is 0 Å². The maximum absolute atomic E-state index is 12.8. The summed E-state index contributed by atoms with van der Waals surface area (Å²) in [6.45, 7) is 1.86. The van der Waals surface area contributed by atoms with Gasteiger partial charge in [0.1, 0.15) is 0 Å². The lowest BCUT2D eigenvalue weighted by Gasteiger charge is -2.19. The van der Waals surface area contributed by atoms with Gasteiger partial charge in [0.2, 0.25) is 0 Å². The van der Waals surface area contributed by atoms with Gasteiger partial charge >= 0.3 is 4.83 Å². The normalized spacial score (nSPS) is 14.1. The molecule has 1 rings (SSSR count). The number of hydrogen-bond acceptors (Lipinski definition) is 1. The second kappa shape index (κ2) is 4.36. The van der Waals surface area contributed by atoms with Gasteiger partial charge in [-0.1, -0.05) is 31.2 Å². The van der Waals surface area contributed by atoms with Gasteiger partial charge in [-0.05, 0) is 33.5 Å². The van der Waals surface area contributed by atoms with Crippen LogP contribution >= 0.6 is 15.9 Å². The van der Waals surface area contributed by atoms with Crippen molar-refractivity contribution < 1.29 is 13.9 Å². The third-order valence-electron chi connectivity index (χ3n) is 2.04. The van der Waals surface area contributed by atoms with Gasteiger partial charge < -0.3 is 5.11 Å². The predicted molar refractivity (Wildman–Crippen MR) is 54.7 cm³/mol. The quantitative estimate of drug-likeness (QED) is 0.831. The first-order valence-corrected chi connectivity index (χ1v) is 5.08. The Hall–Kier alpha value is -0.480. The van der Waals surface area contributed by atoms with E-state index in [-0.39, 0.29) is 5.56 Å². The first-order chi connectivity index (χ1) is 6.46. The smallest absolute Gasteiger partial charge is 0.330 e. The van der Waals surface area contributed by atoms with Crippen LogP contribution in [0.25, 0.3) is 0 Å². The largest absolute Gasteiger partial charge is 0.381 e. The van der Waals surface area contributed by atoms with E-state index in [1.54, 1.807) is 18.2 Å². The van der Waals surface area contributed by atoms with Crippen LogP contribution in [0.3, 0.4) is 0 Å². The molecule has 0 spiro atoms. The summed E-state index contributed by atoms with van der Waals surface area (Å²) in [7, 11) is 0. The summed E-state index contributed by atoms with van der Waals surface area (Å²) in [5.74, 6) is 0. The molecule has 0 bridgehead atoms. The van der Waals surface area contributed by atoms with Crippen molar-refractivity contribution in [3.63, 3.8) is 0 Å².